The van der Waals surface area contributed by atoms with E-state index in [-0.39, 0.29) is 16.4 Å². The van der Waals surface area contributed by atoms with Crippen LogP contribution in [-0.2, 0) is 5.41 Å². The molecule has 0 unspecified atom stereocenters. The molecule has 1 saturated heterocycles. The first-order valence-corrected chi connectivity index (χ1v) is 14.7. The van der Waals surface area contributed by atoms with E-state index in [0.29, 0.717) is 18.4 Å². The molecular weight excluding hydrogens is 510 g/mol. The van der Waals surface area contributed by atoms with Crippen molar-refractivity contribution >= 4 is 23.1 Å². The van der Waals surface area contributed by atoms with Gasteiger partial charge in [-0.25, -0.2) is 0 Å². The topological polar surface area (TPSA) is 62.8 Å². The van der Waals surface area contributed by atoms with Crippen molar-refractivity contribution in [3.05, 3.63) is 59.7 Å². The Morgan fingerprint density at radius 1 is 0.927 bits per heavy atom. The minimum Gasteiger partial charge on any atom is -0.497 e. The van der Waals surface area contributed by atoms with E-state index in [1.165, 1.54) is 16.8 Å². The highest BCUT2D eigenvalue weighted by Crippen LogP contribution is 2.33. The molecular formula is C34H49N5O2. The van der Waals surface area contributed by atoms with Crippen LogP contribution >= 0.6 is 0 Å². The van der Waals surface area contributed by atoms with Crippen molar-refractivity contribution < 1.29 is 9.47 Å². The molecule has 7 nitrogen and oxygen atoms in total. The first kappa shape index (κ1) is 30.5. The zero-order valence-electron chi connectivity index (χ0n) is 26.8. The maximum Gasteiger partial charge on any atom is 0.230 e. The van der Waals surface area contributed by atoms with Crippen LogP contribution in [0.5, 0.6) is 11.6 Å². The Labute approximate surface area is 247 Å². The average Bonchev–Trinajstić information content (AvgIpc) is 2.88. The Morgan fingerprint density at radius 2 is 1.63 bits per heavy atom. The molecule has 0 saturated carbocycles. The van der Waals surface area contributed by atoms with Gasteiger partial charge in [-0.2, -0.15) is 9.97 Å². The minimum atomic E-state index is -0.134. The first-order chi connectivity index (χ1) is 19.1. The second-order valence-electron chi connectivity index (χ2n) is 14.0. The van der Waals surface area contributed by atoms with Gasteiger partial charge >= 0.3 is 0 Å². The van der Waals surface area contributed by atoms with Crippen molar-refractivity contribution in [2.24, 2.45) is 5.41 Å². The summed E-state index contributed by atoms with van der Waals surface area (Å²) in [6, 6.07) is 16.8. The van der Waals surface area contributed by atoms with E-state index >= 15 is 0 Å². The summed E-state index contributed by atoms with van der Waals surface area (Å²) in [7, 11) is 1.70. The van der Waals surface area contributed by atoms with Gasteiger partial charge < -0.3 is 24.6 Å². The molecule has 0 amide bonds. The Balaban J connectivity index is 1.62. The van der Waals surface area contributed by atoms with Gasteiger partial charge in [-0.3, -0.25) is 0 Å². The molecule has 0 radical (unpaired) electrons. The van der Waals surface area contributed by atoms with Crippen LogP contribution in [0.2, 0.25) is 0 Å². The summed E-state index contributed by atoms with van der Waals surface area (Å²) in [5.41, 5.74) is 4.78. The minimum absolute atomic E-state index is 0.0529. The third-order valence-electron chi connectivity index (χ3n) is 7.73. The number of rotatable bonds is 8. The van der Waals surface area contributed by atoms with Crippen molar-refractivity contribution in [3.63, 3.8) is 0 Å². The van der Waals surface area contributed by atoms with Crippen molar-refractivity contribution in [1.82, 2.24) is 9.97 Å². The standard InChI is InChI=1S/C34H49N5O2/c1-24-11-12-25(33(5,6)7)21-28(24)35-29-22-30(41-20-17-32(2,3)4)37-31(36-29)38-18-19-39(34(8,9)23-38)26-13-15-27(40-10)16-14-26/h11-16,21-22H,17-20,23H2,1-10H3,(H,35,36,37). The van der Waals surface area contributed by atoms with E-state index in [2.05, 4.69) is 108 Å². The predicted octanol–water partition coefficient (Wildman–Crippen LogP) is 7.75. The van der Waals surface area contributed by atoms with Crippen LogP contribution in [0.3, 0.4) is 0 Å². The quantitative estimate of drug-likeness (QED) is 0.303. The Kier molecular flexibility index (Phi) is 8.76. The number of anilines is 4. The zero-order chi connectivity index (χ0) is 30.0. The van der Waals surface area contributed by atoms with E-state index in [0.717, 1.165) is 43.3 Å². The van der Waals surface area contributed by atoms with Gasteiger partial charge in [0.15, 0.2) is 0 Å². The molecule has 0 spiro atoms. The Morgan fingerprint density at radius 3 is 2.24 bits per heavy atom. The monoisotopic (exact) mass is 559 g/mol. The van der Waals surface area contributed by atoms with Crippen LogP contribution < -0.4 is 24.6 Å². The van der Waals surface area contributed by atoms with Crippen LogP contribution in [0.25, 0.3) is 0 Å². The largest absolute Gasteiger partial charge is 0.497 e. The second kappa shape index (κ2) is 11.8. The number of piperazine rings is 1. The molecule has 3 aromatic rings. The smallest absolute Gasteiger partial charge is 0.230 e. The van der Waals surface area contributed by atoms with Gasteiger partial charge in [-0.1, -0.05) is 53.7 Å². The molecule has 41 heavy (non-hydrogen) atoms. The highest BCUT2D eigenvalue weighted by Gasteiger charge is 2.35. The van der Waals surface area contributed by atoms with Gasteiger partial charge in [-0.05, 0) is 79.5 Å². The van der Waals surface area contributed by atoms with E-state index in [1.807, 2.05) is 18.2 Å². The Bertz CT molecular complexity index is 1320. The fourth-order valence-electron chi connectivity index (χ4n) is 5.08. The molecule has 2 heterocycles. The molecule has 0 atom stereocenters. The van der Waals surface area contributed by atoms with Crippen LogP contribution in [0.1, 0.15) is 72.9 Å². The molecule has 1 aliphatic heterocycles. The third kappa shape index (κ3) is 7.84. The summed E-state index contributed by atoms with van der Waals surface area (Å²) < 4.78 is 11.6. The maximum atomic E-state index is 6.22. The van der Waals surface area contributed by atoms with Gasteiger partial charge in [0.05, 0.1) is 19.3 Å². The van der Waals surface area contributed by atoms with Crippen LogP contribution in [0, 0.1) is 12.3 Å². The number of nitrogens with zero attached hydrogens (tertiary/aromatic N) is 4. The highest BCUT2D eigenvalue weighted by atomic mass is 16.5. The van der Waals surface area contributed by atoms with Crippen LogP contribution in [-0.4, -0.2) is 48.9 Å². The normalized spacial score (nSPS) is 15.6. The molecule has 4 rings (SSSR count). The molecule has 1 fully saturated rings. The summed E-state index contributed by atoms with van der Waals surface area (Å²) in [4.78, 5) is 14.6. The van der Waals surface area contributed by atoms with Crippen LogP contribution in [0.15, 0.2) is 48.5 Å². The number of nitrogens with one attached hydrogen (secondary N) is 1. The van der Waals surface area contributed by atoms with Gasteiger partial charge in [0.1, 0.15) is 11.6 Å². The summed E-state index contributed by atoms with van der Waals surface area (Å²) in [5.74, 6) is 2.89. The average molecular weight is 560 g/mol. The zero-order valence-corrected chi connectivity index (χ0v) is 26.8. The van der Waals surface area contributed by atoms with E-state index in [1.54, 1.807) is 7.11 Å². The number of ether oxygens (including phenoxy) is 2. The summed E-state index contributed by atoms with van der Waals surface area (Å²) >= 11 is 0. The van der Waals surface area contributed by atoms with E-state index in [4.69, 9.17) is 19.4 Å². The van der Waals surface area contributed by atoms with E-state index < -0.39 is 0 Å². The van der Waals surface area contributed by atoms with Crippen LogP contribution in [0.4, 0.5) is 23.1 Å². The van der Waals surface area contributed by atoms with E-state index in [9.17, 15) is 0 Å². The van der Waals surface area contributed by atoms with Gasteiger partial charge in [-0.15, -0.1) is 0 Å². The number of aromatic nitrogens is 2. The van der Waals surface area contributed by atoms with Gasteiger partial charge in [0.2, 0.25) is 11.8 Å². The number of benzene rings is 2. The molecule has 0 aliphatic carbocycles. The summed E-state index contributed by atoms with van der Waals surface area (Å²) in [6.45, 7) is 23.1. The fourth-order valence-corrected chi connectivity index (χ4v) is 5.08. The molecule has 1 N–H and O–H groups in total. The van der Waals surface area contributed by atoms with Crippen molar-refractivity contribution in [2.75, 3.05) is 48.5 Å². The predicted molar refractivity (Wildman–Crippen MR) is 171 cm³/mol. The lowest BCUT2D eigenvalue weighted by molar-refractivity contribution is 0.236. The third-order valence-corrected chi connectivity index (χ3v) is 7.73. The lowest BCUT2D eigenvalue weighted by atomic mass is 9.86. The molecule has 7 heteroatoms. The molecule has 1 aromatic heterocycles. The molecule has 222 valence electrons. The fraction of sp³-hybridized carbons (Fsp3) is 0.529. The SMILES string of the molecule is COc1ccc(N2CCN(c3nc(Nc4cc(C(C)(C)C)ccc4C)cc(OCCC(C)(C)C)n3)CC2(C)C)cc1. The van der Waals surface area contributed by atoms with Gasteiger partial charge in [0.25, 0.3) is 0 Å². The second-order valence-corrected chi connectivity index (χ2v) is 14.0. The molecule has 1 aliphatic rings. The number of hydrogen-bond acceptors (Lipinski definition) is 7. The number of methoxy groups -OCH3 is 1. The highest BCUT2D eigenvalue weighted by molar-refractivity contribution is 5.64. The maximum absolute atomic E-state index is 6.22. The van der Waals surface area contributed by atoms with Crippen molar-refractivity contribution in [1.29, 1.82) is 0 Å². The van der Waals surface area contributed by atoms with Gasteiger partial charge in [0, 0.05) is 37.1 Å². The lowest BCUT2D eigenvalue weighted by Crippen LogP contribution is -2.60. The van der Waals surface area contributed by atoms with Crippen molar-refractivity contribution in [2.45, 2.75) is 79.7 Å². The Hall–Kier alpha value is -3.48. The summed E-state index contributed by atoms with van der Waals surface area (Å²) in [5, 5.41) is 3.60. The molecule has 0 bridgehead atoms. The number of aryl methyl sites for hydroxylation is 1. The summed E-state index contributed by atoms with van der Waals surface area (Å²) in [6.07, 6.45) is 0.940. The number of hydrogen-bond donors (Lipinski definition) is 1. The molecule has 2 aromatic carbocycles. The van der Waals surface area contributed by atoms with Crippen molar-refractivity contribution in [3.8, 4) is 11.6 Å². The first-order valence-electron chi connectivity index (χ1n) is 14.7. The lowest BCUT2D eigenvalue weighted by Gasteiger charge is -2.48.